The van der Waals surface area contributed by atoms with Gasteiger partial charge in [-0.25, -0.2) is 0 Å². The minimum atomic E-state index is -0.227. The SMILES string of the molecule is CC1(C)c2cc(C=Cc3ccc(-c4ccc(C=Cc5ccc6c(c5)C(C)(C)c5cc(N(c7cccc(-c8ccccc8)c7)c7ccc8c(c7)C(C)(C)c7ccccc7-8)ccc5-6)cc4)cc3)ccc2-c2ccc(N(C3=CC4C(C=C3)c3ccccc3C4(C)C)c3cccc(-c4ccccc4)c3)cc21. The van der Waals surface area contributed by atoms with Crippen LogP contribution < -0.4 is 9.80 Å². The van der Waals surface area contributed by atoms with Crippen LogP contribution in [-0.2, 0) is 21.7 Å². The zero-order chi connectivity index (χ0) is 69.2. The smallest absolute Gasteiger partial charge is 0.0467 e. The van der Waals surface area contributed by atoms with Gasteiger partial charge in [-0.1, -0.05) is 328 Å². The molecular weight excluding hydrogens is 1230 g/mol. The molecule has 0 saturated carbocycles. The average molecular weight is 1310 g/mol. The van der Waals surface area contributed by atoms with E-state index in [9.17, 15) is 0 Å². The van der Waals surface area contributed by atoms with Crippen molar-refractivity contribution in [1.82, 2.24) is 0 Å². The highest BCUT2D eigenvalue weighted by Gasteiger charge is 2.46. The number of fused-ring (bicyclic) bond motifs is 12. The summed E-state index contributed by atoms with van der Waals surface area (Å²) in [6.07, 6.45) is 16.5. The summed E-state index contributed by atoms with van der Waals surface area (Å²) in [5.41, 5.74) is 37.3. The standard InChI is InChI=1S/C100H82N2/c1-97(2)89-31-17-15-29-81(89)85-53-47-77(61-93(85)97)101(75-27-19-25-73(59-75)69-21-11-9-12-22-69)79-49-55-87-83-51-41-67(57-91(83)99(5,6)95(87)63-79)35-33-65-37-43-71(44-38-65)72-45-39-66(40-46-72)34-36-68-42-52-84-88-56-50-80(64-96(88)100(7,8)92(84)58-68)102(76-28-20-26-74(60-76)70-23-13-10-14-24-70)78-48-54-86-82-30-16-18-32-90(82)98(3,4)94(86)62-78/h9-64,85,93H,1-8H3. The molecule has 0 saturated heterocycles. The van der Waals surface area contributed by atoms with Crippen LogP contribution in [0.1, 0.15) is 128 Å². The first-order valence-corrected chi connectivity index (χ1v) is 36.4. The van der Waals surface area contributed by atoms with Crippen molar-refractivity contribution in [1.29, 1.82) is 0 Å². The highest BCUT2D eigenvalue weighted by atomic mass is 15.2. The van der Waals surface area contributed by atoms with E-state index in [1.54, 1.807) is 0 Å². The van der Waals surface area contributed by atoms with Gasteiger partial charge in [0.1, 0.15) is 0 Å². The minimum Gasteiger partial charge on any atom is -0.311 e. The predicted octanol–water partition coefficient (Wildman–Crippen LogP) is 26.7. The van der Waals surface area contributed by atoms with Crippen molar-refractivity contribution in [3.8, 4) is 66.8 Å². The highest BCUT2D eigenvalue weighted by Crippen LogP contribution is 2.57. The van der Waals surface area contributed by atoms with E-state index in [-0.39, 0.29) is 21.7 Å². The quantitative estimate of drug-likeness (QED) is 0.106. The third kappa shape index (κ3) is 10.4. The van der Waals surface area contributed by atoms with Gasteiger partial charge in [0.05, 0.1) is 0 Å². The van der Waals surface area contributed by atoms with Gasteiger partial charge >= 0.3 is 0 Å². The summed E-state index contributed by atoms with van der Waals surface area (Å²) < 4.78 is 0. The van der Waals surface area contributed by atoms with Crippen molar-refractivity contribution in [3.63, 3.8) is 0 Å². The Morgan fingerprint density at radius 2 is 0.618 bits per heavy atom. The summed E-state index contributed by atoms with van der Waals surface area (Å²) >= 11 is 0. The third-order valence-electron chi connectivity index (χ3n) is 23.5. The molecule has 2 atom stereocenters. The lowest BCUT2D eigenvalue weighted by atomic mass is 9.74. The van der Waals surface area contributed by atoms with Crippen LogP contribution in [0.5, 0.6) is 0 Å². The molecule has 0 radical (unpaired) electrons. The molecule has 0 spiro atoms. The van der Waals surface area contributed by atoms with Gasteiger partial charge in [-0.05, 0) is 212 Å². The van der Waals surface area contributed by atoms with Crippen molar-refractivity contribution < 1.29 is 0 Å². The van der Waals surface area contributed by atoms with E-state index >= 15 is 0 Å². The lowest BCUT2D eigenvalue weighted by molar-refractivity contribution is 0.392. The molecule has 0 N–H and O–H groups in total. The number of anilines is 5. The Balaban J connectivity index is 0.567. The lowest BCUT2D eigenvalue weighted by Gasteiger charge is -2.35. The Hall–Kier alpha value is -11.6. The van der Waals surface area contributed by atoms with Gasteiger partial charge in [-0.15, -0.1) is 0 Å². The first kappa shape index (κ1) is 62.7. The first-order chi connectivity index (χ1) is 49.5. The van der Waals surface area contributed by atoms with Gasteiger partial charge in [0.25, 0.3) is 0 Å². The number of nitrogens with zero attached hydrogens (tertiary/aromatic N) is 2. The van der Waals surface area contributed by atoms with Crippen LogP contribution in [0.15, 0.2) is 321 Å². The van der Waals surface area contributed by atoms with E-state index in [4.69, 9.17) is 0 Å². The fraction of sp³-hybridized carbons (Fsp3) is 0.140. The van der Waals surface area contributed by atoms with Crippen molar-refractivity contribution in [2.75, 3.05) is 9.80 Å². The summed E-state index contributed by atoms with van der Waals surface area (Å²) in [4.78, 5) is 4.97. The fourth-order valence-electron chi connectivity index (χ4n) is 17.9. The number of hydrogen-bond acceptors (Lipinski definition) is 2. The second-order valence-corrected chi connectivity index (χ2v) is 30.9. The van der Waals surface area contributed by atoms with Crippen molar-refractivity contribution in [3.05, 3.63) is 388 Å². The first-order valence-electron chi connectivity index (χ1n) is 36.4. The number of hydrogen-bond donors (Lipinski definition) is 0. The third-order valence-corrected chi connectivity index (χ3v) is 23.5. The van der Waals surface area contributed by atoms with Crippen molar-refractivity contribution in [2.45, 2.75) is 83.0 Å². The van der Waals surface area contributed by atoms with E-state index in [2.05, 4.69) is 405 Å². The maximum absolute atomic E-state index is 2.56. The Bertz CT molecular complexity index is 5630. The lowest BCUT2D eigenvalue weighted by Crippen LogP contribution is -2.28. The van der Waals surface area contributed by atoms with Gasteiger partial charge in [0.15, 0.2) is 0 Å². The largest absolute Gasteiger partial charge is 0.311 e. The molecule has 0 bridgehead atoms. The van der Waals surface area contributed by atoms with Crippen LogP contribution in [0.4, 0.5) is 28.4 Å². The van der Waals surface area contributed by atoms with Gasteiger partial charge < -0.3 is 9.80 Å². The molecule has 13 aromatic carbocycles. The predicted molar refractivity (Wildman–Crippen MR) is 432 cm³/mol. The van der Waals surface area contributed by atoms with Gasteiger partial charge in [-0.3, -0.25) is 0 Å². The van der Waals surface area contributed by atoms with Crippen LogP contribution in [0.3, 0.4) is 0 Å². The van der Waals surface area contributed by atoms with Gasteiger partial charge in [0.2, 0.25) is 0 Å². The molecule has 2 heteroatoms. The molecule has 5 aliphatic rings. The summed E-state index contributed by atoms with van der Waals surface area (Å²) in [7, 11) is 0. The van der Waals surface area contributed by atoms with Gasteiger partial charge in [-0.2, -0.15) is 0 Å². The van der Waals surface area contributed by atoms with Crippen LogP contribution >= 0.6 is 0 Å². The molecule has 0 aromatic heterocycles. The highest BCUT2D eigenvalue weighted by molar-refractivity contribution is 5.91. The second-order valence-electron chi connectivity index (χ2n) is 30.9. The zero-order valence-electron chi connectivity index (χ0n) is 59.4. The molecule has 2 unspecified atom stereocenters. The summed E-state index contributed by atoms with van der Waals surface area (Å²) in [5.74, 6) is 0.690. The monoisotopic (exact) mass is 1310 g/mol. The Morgan fingerprint density at radius 1 is 0.265 bits per heavy atom. The average Bonchev–Trinajstić information content (AvgIpc) is 1.58. The molecule has 0 aliphatic heterocycles. The maximum atomic E-state index is 2.56. The van der Waals surface area contributed by atoms with E-state index in [1.807, 2.05) is 0 Å². The molecule has 2 nitrogen and oxygen atoms in total. The zero-order valence-corrected chi connectivity index (χ0v) is 59.4. The van der Waals surface area contributed by atoms with Gasteiger partial charge in [0, 0.05) is 56.3 Å². The molecule has 18 rings (SSSR count). The summed E-state index contributed by atoms with van der Waals surface area (Å²) in [6, 6.07) is 111. The van der Waals surface area contributed by atoms with Crippen molar-refractivity contribution >= 4 is 52.7 Å². The topological polar surface area (TPSA) is 6.48 Å². The Kier molecular flexibility index (Phi) is 14.8. The fourth-order valence-corrected chi connectivity index (χ4v) is 17.9. The second kappa shape index (κ2) is 24.1. The Morgan fingerprint density at radius 3 is 1.12 bits per heavy atom. The van der Waals surface area contributed by atoms with Crippen LogP contribution in [0.25, 0.3) is 91.1 Å². The van der Waals surface area contributed by atoms with Crippen molar-refractivity contribution in [2.24, 2.45) is 5.92 Å². The molecule has 492 valence electrons. The normalized spacial score (nSPS) is 16.9. The van der Waals surface area contributed by atoms with E-state index in [0.29, 0.717) is 11.8 Å². The maximum Gasteiger partial charge on any atom is 0.0467 e. The molecular formula is C100H82N2. The van der Waals surface area contributed by atoms with E-state index < -0.39 is 0 Å². The molecule has 0 amide bonds. The molecule has 0 fully saturated rings. The number of rotatable bonds is 13. The Labute approximate surface area is 602 Å². The summed E-state index contributed by atoms with van der Waals surface area (Å²) in [6.45, 7) is 19.2. The van der Waals surface area contributed by atoms with E-state index in [0.717, 1.165) is 22.7 Å². The van der Waals surface area contributed by atoms with Crippen LogP contribution in [0.2, 0.25) is 0 Å². The molecule has 5 aliphatic carbocycles. The molecule has 0 heterocycles. The van der Waals surface area contributed by atoms with E-state index in [1.165, 1.54) is 145 Å². The minimum absolute atomic E-state index is 0.00429. The molecule has 13 aromatic rings. The number of benzene rings is 13. The number of allylic oxidation sites excluding steroid dienone is 3. The van der Waals surface area contributed by atoms with Crippen LogP contribution in [-0.4, -0.2) is 0 Å². The van der Waals surface area contributed by atoms with Crippen LogP contribution in [0, 0.1) is 5.92 Å². The summed E-state index contributed by atoms with van der Waals surface area (Å²) in [5, 5.41) is 0. The molecule has 102 heavy (non-hydrogen) atoms.